The molecule has 0 unspecified atom stereocenters. The molecule has 0 aromatic carbocycles. The molecule has 17 heavy (non-hydrogen) atoms. The fourth-order valence-corrected chi connectivity index (χ4v) is 3.05. The van der Waals surface area contributed by atoms with Gasteiger partial charge < -0.3 is 0 Å². The van der Waals surface area contributed by atoms with E-state index < -0.39 is 0 Å². The second-order valence-corrected chi connectivity index (χ2v) is 10.2. The number of thioether (sulfide) groups is 1. The zero-order valence-electron chi connectivity index (χ0n) is 11.1. The summed E-state index contributed by atoms with van der Waals surface area (Å²) >= 11 is 5.91. The molecule has 0 atom stereocenters. The maximum Gasteiger partial charge on any atom is 0.0776 e. The summed E-state index contributed by atoms with van der Waals surface area (Å²) in [6.45, 7) is 11.2. The Morgan fingerprint density at radius 1 is 1.35 bits per heavy atom. The maximum absolute atomic E-state index is 4.45. The summed E-state index contributed by atoms with van der Waals surface area (Å²) in [6.07, 6.45) is 2.11. The number of nitrogens with zero attached hydrogens (tertiary/aromatic N) is 1. The summed E-state index contributed by atoms with van der Waals surface area (Å²) in [7, 11) is 0. The highest BCUT2D eigenvalue weighted by Crippen LogP contribution is 2.34. The van der Waals surface area contributed by atoms with Crippen molar-refractivity contribution in [2.45, 2.75) is 38.0 Å². The predicted molar refractivity (Wildman–Crippen MR) is 90.1 cm³/mol. The standard InChI is InChI=1S/C13H20INS2/c1-12(2,3)9-16-7-6-10-8-11(17-15-10)13(4,5)14/h6-8H,9H2,1-5H3/b7-6+. The van der Waals surface area contributed by atoms with E-state index in [0.29, 0.717) is 5.41 Å². The molecule has 1 nitrogen and oxygen atoms in total. The van der Waals surface area contributed by atoms with Crippen molar-refractivity contribution in [3.8, 4) is 0 Å². The van der Waals surface area contributed by atoms with E-state index in [1.54, 1.807) is 11.5 Å². The Bertz CT molecular complexity index is 383. The molecule has 0 radical (unpaired) electrons. The number of hydrogen-bond acceptors (Lipinski definition) is 3. The third-order valence-electron chi connectivity index (χ3n) is 1.97. The van der Waals surface area contributed by atoms with Gasteiger partial charge in [-0.1, -0.05) is 43.4 Å². The molecule has 0 fully saturated rings. The van der Waals surface area contributed by atoms with E-state index in [9.17, 15) is 0 Å². The van der Waals surface area contributed by atoms with E-state index in [1.807, 2.05) is 11.8 Å². The van der Waals surface area contributed by atoms with Gasteiger partial charge in [0.05, 0.1) is 9.12 Å². The van der Waals surface area contributed by atoms with Gasteiger partial charge >= 0.3 is 0 Å². The van der Waals surface area contributed by atoms with Crippen LogP contribution in [0.1, 0.15) is 45.2 Å². The van der Waals surface area contributed by atoms with Gasteiger partial charge in [-0.3, -0.25) is 0 Å². The van der Waals surface area contributed by atoms with Gasteiger partial charge in [-0.05, 0) is 48.3 Å². The number of rotatable bonds is 4. The molecule has 0 saturated carbocycles. The molecule has 1 aromatic heterocycles. The van der Waals surface area contributed by atoms with Crippen LogP contribution in [0.5, 0.6) is 0 Å². The smallest absolute Gasteiger partial charge is 0.0776 e. The van der Waals surface area contributed by atoms with Gasteiger partial charge in [0, 0.05) is 10.6 Å². The first-order chi connectivity index (χ1) is 7.68. The lowest BCUT2D eigenvalue weighted by molar-refractivity contribution is 0.481. The van der Waals surface area contributed by atoms with Gasteiger partial charge in [-0.2, -0.15) is 4.37 Å². The molecule has 4 heteroatoms. The molecule has 1 rings (SSSR count). The van der Waals surface area contributed by atoms with Crippen LogP contribution in [0.15, 0.2) is 11.5 Å². The quantitative estimate of drug-likeness (QED) is 0.500. The van der Waals surface area contributed by atoms with E-state index in [1.165, 1.54) is 4.88 Å². The van der Waals surface area contributed by atoms with Crippen LogP contribution in [0.2, 0.25) is 0 Å². The van der Waals surface area contributed by atoms with Crippen molar-refractivity contribution in [3.63, 3.8) is 0 Å². The summed E-state index contributed by atoms with van der Waals surface area (Å²) < 4.78 is 4.63. The van der Waals surface area contributed by atoms with Gasteiger partial charge in [-0.15, -0.1) is 11.8 Å². The molecule has 0 aliphatic heterocycles. The Morgan fingerprint density at radius 2 is 2.00 bits per heavy atom. The van der Waals surface area contributed by atoms with Crippen molar-refractivity contribution in [1.82, 2.24) is 4.37 Å². The SMILES string of the molecule is CC(C)(C)CS/C=C/c1cc(C(C)(C)I)sn1. The molecule has 0 saturated heterocycles. The summed E-state index contributed by atoms with van der Waals surface area (Å²) in [4.78, 5) is 1.33. The van der Waals surface area contributed by atoms with Crippen molar-refractivity contribution < 1.29 is 0 Å². The van der Waals surface area contributed by atoms with Gasteiger partial charge in [0.1, 0.15) is 0 Å². The van der Waals surface area contributed by atoms with Crippen LogP contribution in [-0.4, -0.2) is 10.1 Å². The molecule has 1 heterocycles. The van der Waals surface area contributed by atoms with Crippen molar-refractivity contribution in [3.05, 3.63) is 22.0 Å². The molecule has 0 spiro atoms. The highest BCUT2D eigenvalue weighted by Gasteiger charge is 2.18. The summed E-state index contributed by atoms with van der Waals surface area (Å²) in [5.41, 5.74) is 1.46. The fraction of sp³-hybridized carbons (Fsp3) is 0.615. The van der Waals surface area contributed by atoms with E-state index >= 15 is 0 Å². The van der Waals surface area contributed by atoms with Crippen molar-refractivity contribution >= 4 is 52.0 Å². The predicted octanol–water partition coefficient (Wildman–Crippen LogP) is 5.56. The minimum atomic E-state index is 0.181. The Labute approximate surface area is 127 Å². The molecule has 0 aliphatic carbocycles. The highest BCUT2D eigenvalue weighted by molar-refractivity contribution is 14.1. The van der Waals surface area contributed by atoms with Crippen molar-refractivity contribution in [1.29, 1.82) is 0 Å². The number of hydrogen-bond donors (Lipinski definition) is 0. The first-order valence-electron chi connectivity index (χ1n) is 5.63. The van der Waals surface area contributed by atoms with Crippen LogP contribution >= 0.6 is 45.9 Å². The van der Waals surface area contributed by atoms with E-state index in [2.05, 4.69) is 79.1 Å². The van der Waals surface area contributed by atoms with Crippen LogP contribution in [0.25, 0.3) is 6.08 Å². The Kier molecular flexibility index (Phi) is 5.53. The number of aromatic nitrogens is 1. The third kappa shape index (κ3) is 6.25. The minimum Gasteiger partial charge on any atom is -0.193 e. The topological polar surface area (TPSA) is 12.9 Å². The number of halogens is 1. The lowest BCUT2D eigenvalue weighted by Gasteiger charge is -2.15. The summed E-state index contributed by atoms with van der Waals surface area (Å²) in [6, 6.07) is 2.19. The van der Waals surface area contributed by atoms with Crippen LogP contribution in [0.3, 0.4) is 0 Å². The zero-order valence-corrected chi connectivity index (χ0v) is 14.9. The molecular weight excluding hydrogens is 361 g/mol. The average molecular weight is 381 g/mol. The lowest BCUT2D eigenvalue weighted by Crippen LogP contribution is -2.07. The minimum absolute atomic E-state index is 0.181. The fourth-order valence-electron chi connectivity index (χ4n) is 1.06. The average Bonchev–Trinajstić information content (AvgIpc) is 2.58. The molecule has 0 aliphatic rings. The Balaban J connectivity index is 2.53. The van der Waals surface area contributed by atoms with Crippen molar-refractivity contribution in [2.24, 2.45) is 5.41 Å². The normalized spacial score (nSPS) is 13.5. The van der Waals surface area contributed by atoms with Gasteiger partial charge in [0.15, 0.2) is 0 Å². The largest absolute Gasteiger partial charge is 0.193 e. The molecule has 0 bridgehead atoms. The second kappa shape index (κ2) is 6.06. The van der Waals surface area contributed by atoms with Crippen LogP contribution < -0.4 is 0 Å². The van der Waals surface area contributed by atoms with Gasteiger partial charge in [-0.25, -0.2) is 0 Å². The van der Waals surface area contributed by atoms with Gasteiger partial charge in [0.25, 0.3) is 0 Å². The highest BCUT2D eigenvalue weighted by atomic mass is 127. The molecular formula is C13H20INS2. The first kappa shape index (κ1) is 15.5. The third-order valence-corrected chi connectivity index (χ3v) is 5.40. The van der Waals surface area contributed by atoms with Crippen LogP contribution in [0.4, 0.5) is 0 Å². The molecule has 1 aromatic rings. The molecule has 0 N–H and O–H groups in total. The van der Waals surface area contributed by atoms with E-state index in [0.717, 1.165) is 11.4 Å². The van der Waals surface area contributed by atoms with Crippen LogP contribution in [-0.2, 0) is 3.42 Å². The molecule has 0 amide bonds. The van der Waals surface area contributed by atoms with E-state index in [-0.39, 0.29) is 3.42 Å². The zero-order chi connectivity index (χ0) is 13.1. The Hall–Kier alpha value is 0.450. The summed E-state index contributed by atoms with van der Waals surface area (Å²) in [5, 5.41) is 2.16. The lowest BCUT2D eigenvalue weighted by atomic mass is 10.0. The second-order valence-electron chi connectivity index (χ2n) is 5.76. The van der Waals surface area contributed by atoms with E-state index in [4.69, 9.17) is 0 Å². The van der Waals surface area contributed by atoms with Crippen molar-refractivity contribution in [2.75, 3.05) is 5.75 Å². The summed E-state index contributed by atoms with van der Waals surface area (Å²) in [5.74, 6) is 1.14. The van der Waals surface area contributed by atoms with Crippen LogP contribution in [0, 0.1) is 5.41 Å². The maximum atomic E-state index is 4.45. The first-order valence-corrected chi connectivity index (χ1v) is 8.53. The number of alkyl halides is 1. The Morgan fingerprint density at radius 3 is 2.47 bits per heavy atom. The monoisotopic (exact) mass is 381 g/mol. The molecule has 96 valence electrons. The van der Waals surface area contributed by atoms with Gasteiger partial charge in [0.2, 0.25) is 0 Å².